The molecule has 0 spiro atoms. The summed E-state index contributed by atoms with van der Waals surface area (Å²) in [7, 11) is 0. The minimum Gasteiger partial charge on any atom is -0.508 e. The second-order valence-electron chi connectivity index (χ2n) is 4.47. The fraction of sp³-hybridized carbons (Fsp3) is 0.125. The molecule has 20 heavy (non-hydrogen) atoms. The van der Waals surface area contributed by atoms with Gasteiger partial charge in [0.05, 0.1) is 6.04 Å². The second kappa shape index (κ2) is 6.80. The van der Waals surface area contributed by atoms with E-state index < -0.39 is 0 Å². The van der Waals surface area contributed by atoms with Gasteiger partial charge in [-0.25, -0.2) is 0 Å². The molecular weight excluding hydrogens is 293 g/mol. The molecule has 2 aromatic carbocycles. The molecule has 104 valence electrons. The Morgan fingerprint density at radius 3 is 2.05 bits per heavy atom. The molecule has 0 heterocycles. The molecule has 2 nitrogen and oxygen atoms in total. The van der Waals surface area contributed by atoms with E-state index in [1.54, 1.807) is 12.1 Å². The lowest BCUT2D eigenvalue weighted by Crippen LogP contribution is -2.23. The van der Waals surface area contributed by atoms with Crippen molar-refractivity contribution >= 4 is 23.2 Å². The Labute approximate surface area is 128 Å². The van der Waals surface area contributed by atoms with E-state index in [4.69, 9.17) is 23.2 Å². The molecule has 0 radical (unpaired) electrons. The molecule has 1 unspecified atom stereocenters. The summed E-state index contributed by atoms with van der Waals surface area (Å²) in [4.78, 5) is 0. The summed E-state index contributed by atoms with van der Waals surface area (Å²) in [6, 6.07) is 14.7. The van der Waals surface area contributed by atoms with Crippen LogP contribution in [0.3, 0.4) is 0 Å². The lowest BCUT2D eigenvalue weighted by Gasteiger charge is -2.20. The van der Waals surface area contributed by atoms with Gasteiger partial charge in [-0.1, -0.05) is 54.0 Å². The molecule has 0 saturated carbocycles. The number of rotatable bonds is 5. The second-order valence-corrected chi connectivity index (χ2v) is 5.45. The number of benzene rings is 2. The maximum atomic E-state index is 9.39. The molecule has 2 rings (SSSR count). The number of phenolic OH excluding ortho intramolecular Hbond substituents is 1. The maximum Gasteiger partial charge on any atom is 0.115 e. The van der Waals surface area contributed by atoms with Gasteiger partial charge in [0, 0.05) is 16.6 Å². The highest BCUT2D eigenvalue weighted by molar-refractivity contribution is 6.30. The van der Waals surface area contributed by atoms with E-state index in [1.807, 2.05) is 36.4 Å². The zero-order valence-electron chi connectivity index (χ0n) is 10.8. The number of aromatic hydroxyl groups is 1. The van der Waals surface area contributed by atoms with E-state index in [-0.39, 0.29) is 11.8 Å². The predicted octanol–water partition coefficient (Wildman–Crippen LogP) is 4.48. The fourth-order valence-corrected chi connectivity index (χ4v) is 2.17. The first kappa shape index (κ1) is 14.9. The van der Waals surface area contributed by atoms with Crippen LogP contribution in [0.4, 0.5) is 0 Å². The van der Waals surface area contributed by atoms with Crippen molar-refractivity contribution in [2.24, 2.45) is 0 Å². The van der Waals surface area contributed by atoms with Crippen molar-refractivity contribution in [3.8, 4) is 5.75 Å². The Kier molecular flexibility index (Phi) is 5.07. The van der Waals surface area contributed by atoms with Crippen molar-refractivity contribution in [1.82, 2.24) is 5.32 Å². The monoisotopic (exact) mass is 307 g/mol. The molecular formula is C16H15Cl2NO. The molecule has 0 aliphatic heterocycles. The van der Waals surface area contributed by atoms with E-state index in [0.717, 1.165) is 11.1 Å². The maximum absolute atomic E-state index is 9.39. The molecule has 0 saturated heterocycles. The van der Waals surface area contributed by atoms with Crippen LogP contribution in [-0.2, 0) is 0 Å². The summed E-state index contributed by atoms with van der Waals surface area (Å²) >= 11 is 11.8. The SMILES string of the molecule is C=C(Cl)CNC(c1ccc(O)cc1)c1ccc(Cl)cc1. The molecule has 1 atom stereocenters. The zero-order chi connectivity index (χ0) is 14.5. The molecule has 0 fully saturated rings. The van der Waals surface area contributed by atoms with Crippen LogP contribution in [0, 0.1) is 0 Å². The molecule has 0 amide bonds. The first-order valence-electron chi connectivity index (χ1n) is 6.17. The van der Waals surface area contributed by atoms with Crippen molar-refractivity contribution in [2.75, 3.05) is 6.54 Å². The minimum atomic E-state index is -0.0385. The number of phenols is 1. The van der Waals surface area contributed by atoms with Gasteiger partial charge in [0.25, 0.3) is 0 Å². The normalized spacial score (nSPS) is 12.1. The number of nitrogens with one attached hydrogen (secondary N) is 1. The number of hydrogen-bond acceptors (Lipinski definition) is 2. The molecule has 4 heteroatoms. The van der Waals surface area contributed by atoms with Gasteiger partial charge in [-0.05, 0) is 35.4 Å². The van der Waals surface area contributed by atoms with Gasteiger partial charge in [0.2, 0.25) is 0 Å². The third kappa shape index (κ3) is 4.01. The molecule has 0 aromatic heterocycles. The van der Waals surface area contributed by atoms with Crippen LogP contribution in [-0.4, -0.2) is 11.7 Å². The van der Waals surface area contributed by atoms with Gasteiger partial charge in [-0.3, -0.25) is 0 Å². The molecule has 2 N–H and O–H groups in total. The molecule has 0 aliphatic rings. The minimum absolute atomic E-state index is 0.0385. The highest BCUT2D eigenvalue weighted by Gasteiger charge is 2.13. The highest BCUT2D eigenvalue weighted by Crippen LogP contribution is 2.25. The van der Waals surface area contributed by atoms with Gasteiger partial charge in [0.1, 0.15) is 5.75 Å². The van der Waals surface area contributed by atoms with Crippen LogP contribution < -0.4 is 5.32 Å². The van der Waals surface area contributed by atoms with Crippen molar-refractivity contribution in [1.29, 1.82) is 0 Å². The third-order valence-electron chi connectivity index (χ3n) is 2.93. The van der Waals surface area contributed by atoms with E-state index in [0.29, 0.717) is 16.6 Å². The average molecular weight is 308 g/mol. The van der Waals surface area contributed by atoms with Gasteiger partial charge in [0.15, 0.2) is 0 Å². The molecule has 0 bridgehead atoms. The first-order valence-corrected chi connectivity index (χ1v) is 6.93. The van der Waals surface area contributed by atoms with Crippen molar-refractivity contribution < 1.29 is 5.11 Å². The summed E-state index contributed by atoms with van der Waals surface area (Å²) in [5, 5.41) is 14.0. The van der Waals surface area contributed by atoms with E-state index in [2.05, 4.69) is 11.9 Å². The smallest absolute Gasteiger partial charge is 0.115 e. The summed E-state index contributed by atoms with van der Waals surface area (Å²) in [6.07, 6.45) is 0. The number of halogens is 2. The van der Waals surface area contributed by atoms with Gasteiger partial charge in [-0.2, -0.15) is 0 Å². The third-order valence-corrected chi connectivity index (χ3v) is 3.31. The van der Waals surface area contributed by atoms with Crippen LogP contribution in [0.25, 0.3) is 0 Å². The zero-order valence-corrected chi connectivity index (χ0v) is 12.3. The number of hydrogen-bond donors (Lipinski definition) is 2. The van der Waals surface area contributed by atoms with Crippen LogP contribution >= 0.6 is 23.2 Å². The molecule has 2 aromatic rings. The summed E-state index contributed by atoms with van der Waals surface area (Å²) in [5.74, 6) is 0.241. The lowest BCUT2D eigenvalue weighted by atomic mass is 9.98. The van der Waals surface area contributed by atoms with Gasteiger partial charge >= 0.3 is 0 Å². The standard InChI is InChI=1S/C16H15Cl2NO/c1-11(17)10-19-16(12-2-6-14(18)7-3-12)13-4-8-15(20)9-5-13/h2-9,16,19-20H,1,10H2. The topological polar surface area (TPSA) is 32.3 Å². The Morgan fingerprint density at radius 1 is 1.05 bits per heavy atom. The van der Waals surface area contributed by atoms with Crippen LogP contribution in [0.5, 0.6) is 5.75 Å². The Morgan fingerprint density at radius 2 is 1.55 bits per heavy atom. The van der Waals surface area contributed by atoms with Gasteiger partial charge in [-0.15, -0.1) is 0 Å². The van der Waals surface area contributed by atoms with E-state index in [1.165, 1.54) is 0 Å². The van der Waals surface area contributed by atoms with Crippen molar-refractivity contribution in [3.63, 3.8) is 0 Å². The Balaban J connectivity index is 2.30. The van der Waals surface area contributed by atoms with E-state index >= 15 is 0 Å². The van der Waals surface area contributed by atoms with Crippen LogP contribution in [0.15, 0.2) is 60.1 Å². The summed E-state index contributed by atoms with van der Waals surface area (Å²) in [6.45, 7) is 4.18. The summed E-state index contributed by atoms with van der Waals surface area (Å²) in [5.41, 5.74) is 2.10. The molecule has 0 aliphatic carbocycles. The van der Waals surface area contributed by atoms with Crippen molar-refractivity contribution in [3.05, 3.63) is 76.3 Å². The van der Waals surface area contributed by atoms with Crippen LogP contribution in [0.2, 0.25) is 5.02 Å². The first-order chi connectivity index (χ1) is 9.56. The predicted molar refractivity (Wildman–Crippen MR) is 84.4 cm³/mol. The Bertz CT molecular complexity index is 533. The average Bonchev–Trinajstić information content (AvgIpc) is 2.42. The summed E-state index contributed by atoms with van der Waals surface area (Å²) < 4.78 is 0. The fourth-order valence-electron chi connectivity index (χ4n) is 1.96. The van der Waals surface area contributed by atoms with E-state index in [9.17, 15) is 5.11 Å². The van der Waals surface area contributed by atoms with Crippen LogP contribution in [0.1, 0.15) is 17.2 Å². The lowest BCUT2D eigenvalue weighted by molar-refractivity contribution is 0.474. The van der Waals surface area contributed by atoms with Crippen molar-refractivity contribution in [2.45, 2.75) is 6.04 Å². The quantitative estimate of drug-likeness (QED) is 0.853. The Hall–Kier alpha value is -1.48. The highest BCUT2D eigenvalue weighted by atomic mass is 35.5. The van der Waals surface area contributed by atoms with Gasteiger partial charge < -0.3 is 10.4 Å². The largest absolute Gasteiger partial charge is 0.508 e.